The average Bonchev–Trinajstić information content (AvgIpc) is 3.14. The Labute approximate surface area is 176 Å². The molecule has 1 aliphatic rings. The van der Waals surface area contributed by atoms with E-state index in [9.17, 15) is 4.79 Å². The highest BCUT2D eigenvalue weighted by atomic mass is 79.9. The van der Waals surface area contributed by atoms with Crippen molar-refractivity contribution in [2.45, 2.75) is 0 Å². The van der Waals surface area contributed by atoms with Crippen LogP contribution < -0.4 is 14.4 Å². The minimum atomic E-state index is -0.0528. The van der Waals surface area contributed by atoms with E-state index >= 15 is 0 Å². The number of hydrogen-bond acceptors (Lipinski definition) is 7. The van der Waals surface area contributed by atoms with Crippen LogP contribution in [-0.4, -0.2) is 71.0 Å². The zero-order chi connectivity index (χ0) is 20.5. The summed E-state index contributed by atoms with van der Waals surface area (Å²) in [5.41, 5.74) is 1.33. The number of rotatable bonds is 4. The molecule has 1 saturated heterocycles. The van der Waals surface area contributed by atoms with Gasteiger partial charge in [-0.2, -0.15) is 5.10 Å². The van der Waals surface area contributed by atoms with E-state index < -0.39 is 0 Å². The highest BCUT2D eigenvalue weighted by molar-refractivity contribution is 9.10. The number of hydrogen-bond donors (Lipinski definition) is 0. The Morgan fingerprint density at radius 3 is 2.34 bits per heavy atom. The highest BCUT2D eigenvalue weighted by Gasteiger charge is 2.26. The fraction of sp³-hybridized carbons (Fsp3) is 0.368. The first kappa shape index (κ1) is 19.4. The third-order valence-electron chi connectivity index (χ3n) is 5.07. The van der Waals surface area contributed by atoms with Gasteiger partial charge in [0.1, 0.15) is 28.1 Å². The van der Waals surface area contributed by atoms with Gasteiger partial charge in [-0.05, 0) is 28.1 Å². The molecule has 10 heteroatoms. The van der Waals surface area contributed by atoms with Crippen LogP contribution in [0.25, 0.3) is 11.0 Å². The summed E-state index contributed by atoms with van der Waals surface area (Å²) in [4.78, 5) is 25.8. The van der Waals surface area contributed by atoms with E-state index in [0.29, 0.717) is 47.7 Å². The molecule has 0 spiro atoms. The van der Waals surface area contributed by atoms with Crippen LogP contribution in [0.4, 0.5) is 5.82 Å². The van der Waals surface area contributed by atoms with Crippen LogP contribution in [0.5, 0.6) is 11.5 Å². The van der Waals surface area contributed by atoms with Gasteiger partial charge in [0.05, 0.1) is 25.8 Å². The monoisotopic (exact) mass is 460 g/mol. The van der Waals surface area contributed by atoms with E-state index in [0.717, 1.165) is 16.9 Å². The van der Waals surface area contributed by atoms with Gasteiger partial charge >= 0.3 is 0 Å². The average molecular weight is 461 g/mol. The second-order valence-corrected chi connectivity index (χ2v) is 7.47. The molecule has 0 N–H and O–H groups in total. The van der Waals surface area contributed by atoms with Gasteiger partial charge in [-0.25, -0.2) is 9.97 Å². The molecule has 1 amide bonds. The second-order valence-electron chi connectivity index (χ2n) is 6.68. The van der Waals surface area contributed by atoms with Crippen LogP contribution in [0, 0.1) is 0 Å². The van der Waals surface area contributed by atoms with Crippen molar-refractivity contribution < 1.29 is 14.3 Å². The first-order valence-electron chi connectivity index (χ1n) is 9.12. The number of carbonyl (C=O) groups is 1. The van der Waals surface area contributed by atoms with E-state index in [-0.39, 0.29) is 5.91 Å². The minimum Gasteiger partial charge on any atom is -0.495 e. The van der Waals surface area contributed by atoms with Crippen molar-refractivity contribution in [3.8, 4) is 11.5 Å². The van der Waals surface area contributed by atoms with Crippen LogP contribution in [0.15, 0.2) is 29.1 Å². The number of fused-ring (bicyclic) bond motifs is 1. The molecule has 29 heavy (non-hydrogen) atoms. The van der Waals surface area contributed by atoms with E-state index in [2.05, 4.69) is 35.9 Å². The van der Waals surface area contributed by atoms with Gasteiger partial charge < -0.3 is 19.3 Å². The molecule has 3 aromatic rings. The Morgan fingerprint density at radius 1 is 1.07 bits per heavy atom. The molecular weight excluding hydrogens is 440 g/mol. The number of nitrogens with zero attached hydrogens (tertiary/aromatic N) is 6. The minimum absolute atomic E-state index is 0.0528. The number of aromatic nitrogens is 4. The molecule has 152 valence electrons. The molecule has 0 aliphatic carbocycles. The zero-order valence-electron chi connectivity index (χ0n) is 16.4. The number of ether oxygens (including phenoxy) is 2. The largest absolute Gasteiger partial charge is 0.495 e. The third-order valence-corrected chi connectivity index (χ3v) is 5.85. The van der Waals surface area contributed by atoms with Gasteiger partial charge in [-0.3, -0.25) is 9.48 Å². The smallest absolute Gasteiger partial charge is 0.254 e. The maximum absolute atomic E-state index is 13.0. The van der Waals surface area contributed by atoms with Crippen molar-refractivity contribution in [2.24, 2.45) is 7.05 Å². The molecular formula is C19H21BrN6O3. The molecule has 0 saturated carbocycles. The molecule has 0 radical (unpaired) electrons. The summed E-state index contributed by atoms with van der Waals surface area (Å²) in [7, 11) is 4.98. The van der Waals surface area contributed by atoms with Crippen LogP contribution in [0.1, 0.15) is 10.4 Å². The van der Waals surface area contributed by atoms with Crippen molar-refractivity contribution in [1.29, 1.82) is 0 Å². The fourth-order valence-corrected chi connectivity index (χ4v) is 4.05. The summed E-state index contributed by atoms with van der Waals surface area (Å²) >= 11 is 3.44. The van der Waals surface area contributed by atoms with E-state index in [1.165, 1.54) is 0 Å². The first-order chi connectivity index (χ1) is 14.0. The SMILES string of the molecule is COc1cc(C(=O)N2CCN(c3ncnc4c3cnn4C)CC2)cc(OC)c1Br. The molecule has 2 aromatic heterocycles. The molecule has 9 nitrogen and oxygen atoms in total. The topological polar surface area (TPSA) is 85.6 Å². The first-order valence-corrected chi connectivity index (χ1v) is 9.91. The van der Waals surface area contributed by atoms with Crippen molar-refractivity contribution in [3.05, 3.63) is 34.7 Å². The van der Waals surface area contributed by atoms with Crippen LogP contribution in [0.3, 0.4) is 0 Å². The number of halogens is 1. The summed E-state index contributed by atoms with van der Waals surface area (Å²) in [6, 6.07) is 3.45. The van der Waals surface area contributed by atoms with Crippen LogP contribution in [0.2, 0.25) is 0 Å². The van der Waals surface area contributed by atoms with Crippen molar-refractivity contribution >= 4 is 38.7 Å². The van der Waals surface area contributed by atoms with Crippen molar-refractivity contribution in [2.75, 3.05) is 45.3 Å². The van der Waals surface area contributed by atoms with Crippen molar-refractivity contribution in [3.63, 3.8) is 0 Å². The maximum atomic E-state index is 13.0. The molecule has 3 heterocycles. The lowest BCUT2D eigenvalue weighted by molar-refractivity contribution is 0.0746. The standard InChI is InChI=1S/C19H21BrN6O3/c1-24-17-13(10-23-24)18(22-11-21-17)25-4-6-26(7-5-25)19(27)12-8-14(28-2)16(20)15(9-12)29-3/h8-11H,4-7H2,1-3H3. The molecule has 0 unspecified atom stereocenters. The van der Waals surface area contributed by atoms with Gasteiger partial charge in [-0.1, -0.05) is 0 Å². The Morgan fingerprint density at radius 2 is 1.72 bits per heavy atom. The molecule has 1 aliphatic heterocycles. The number of piperazine rings is 1. The summed E-state index contributed by atoms with van der Waals surface area (Å²) in [6.45, 7) is 2.53. The Kier molecular flexibility index (Phi) is 5.27. The quantitative estimate of drug-likeness (QED) is 0.589. The number of aryl methyl sites for hydroxylation is 1. The fourth-order valence-electron chi connectivity index (χ4n) is 3.50. The molecule has 0 bridgehead atoms. The number of benzene rings is 1. The lowest BCUT2D eigenvalue weighted by Crippen LogP contribution is -2.49. The van der Waals surface area contributed by atoms with Crippen LogP contribution in [-0.2, 0) is 7.05 Å². The van der Waals surface area contributed by atoms with Gasteiger partial charge in [0.2, 0.25) is 0 Å². The molecule has 1 aromatic carbocycles. The number of amides is 1. The second kappa shape index (κ2) is 7.86. The summed E-state index contributed by atoms with van der Waals surface area (Å²) in [5.74, 6) is 1.92. The highest BCUT2D eigenvalue weighted by Crippen LogP contribution is 2.36. The summed E-state index contributed by atoms with van der Waals surface area (Å²) in [5, 5.41) is 5.18. The molecule has 4 rings (SSSR count). The van der Waals surface area contributed by atoms with Gasteiger partial charge in [0, 0.05) is 38.8 Å². The molecule has 1 fully saturated rings. The summed E-state index contributed by atoms with van der Waals surface area (Å²) in [6.07, 6.45) is 3.33. The Bertz CT molecular complexity index is 1040. The van der Waals surface area contributed by atoms with Gasteiger partial charge in [0.15, 0.2) is 5.65 Å². The maximum Gasteiger partial charge on any atom is 0.254 e. The van der Waals surface area contributed by atoms with Gasteiger partial charge in [-0.15, -0.1) is 0 Å². The van der Waals surface area contributed by atoms with Crippen molar-refractivity contribution in [1.82, 2.24) is 24.6 Å². The predicted molar refractivity (Wildman–Crippen MR) is 112 cm³/mol. The zero-order valence-corrected chi connectivity index (χ0v) is 18.0. The lowest BCUT2D eigenvalue weighted by atomic mass is 10.1. The Hall–Kier alpha value is -2.88. The number of anilines is 1. The Balaban J connectivity index is 1.52. The third kappa shape index (κ3) is 3.48. The van der Waals surface area contributed by atoms with Gasteiger partial charge in [0.25, 0.3) is 5.91 Å². The van der Waals surface area contributed by atoms with E-state index in [1.54, 1.807) is 43.6 Å². The molecule has 0 atom stereocenters. The number of carbonyl (C=O) groups excluding carboxylic acids is 1. The normalized spacial score (nSPS) is 14.3. The van der Waals surface area contributed by atoms with Crippen LogP contribution >= 0.6 is 15.9 Å². The number of methoxy groups -OCH3 is 2. The van der Waals surface area contributed by atoms with E-state index in [1.807, 2.05) is 11.9 Å². The predicted octanol–water partition coefficient (Wildman–Crippen LogP) is 2.11. The lowest BCUT2D eigenvalue weighted by Gasteiger charge is -2.35. The van der Waals surface area contributed by atoms with E-state index in [4.69, 9.17) is 9.47 Å². The summed E-state index contributed by atoms with van der Waals surface area (Å²) < 4.78 is 13.1.